The molecular weight excluding hydrogens is 546 g/mol. The van der Waals surface area contributed by atoms with Crippen LogP contribution in [-0.4, -0.2) is 50.5 Å². The molecule has 1 atom stereocenters. The Balaban J connectivity index is 2.08. The number of sulfonamides is 1. The molecule has 0 bridgehead atoms. The predicted octanol–water partition coefficient (Wildman–Crippen LogP) is 5.14. The summed E-state index contributed by atoms with van der Waals surface area (Å²) in [6, 6.07) is 21.2. The highest BCUT2D eigenvalue weighted by atomic mass is 35.5. The van der Waals surface area contributed by atoms with Crippen molar-refractivity contribution in [1.29, 1.82) is 0 Å². The van der Waals surface area contributed by atoms with Gasteiger partial charge >= 0.3 is 0 Å². The third-order valence-electron chi connectivity index (χ3n) is 6.68. The van der Waals surface area contributed by atoms with Crippen molar-refractivity contribution >= 4 is 39.1 Å². The molecule has 0 radical (unpaired) electrons. The maximum atomic E-state index is 14.2. The Morgan fingerprint density at radius 3 is 2.20 bits per heavy atom. The quantitative estimate of drug-likeness (QED) is 0.320. The van der Waals surface area contributed by atoms with Gasteiger partial charge in [-0.1, -0.05) is 86.1 Å². The lowest BCUT2D eigenvalue weighted by Gasteiger charge is -2.34. The molecule has 0 aliphatic carbocycles. The summed E-state index contributed by atoms with van der Waals surface area (Å²) < 4.78 is 27.0. The highest BCUT2D eigenvalue weighted by molar-refractivity contribution is 7.92. The standard InChI is InChI=1S/C31H38ClN3O4S/c1-22(2)19-33-31(37)29(17-25-12-7-6-8-13-25)34(20-26-14-10-9-11-23(26)3)30(36)21-35(40(5,38)39)28-18-27(32)16-15-24(28)4/h6-16,18,22,29H,17,19-21H2,1-5H3,(H,33,37). The molecule has 3 aromatic rings. The van der Waals surface area contributed by atoms with E-state index in [-0.39, 0.29) is 24.8 Å². The molecule has 1 N–H and O–H groups in total. The summed E-state index contributed by atoms with van der Waals surface area (Å²) in [7, 11) is -3.87. The summed E-state index contributed by atoms with van der Waals surface area (Å²) in [5.41, 5.74) is 3.70. The third-order valence-corrected chi connectivity index (χ3v) is 8.04. The second-order valence-corrected chi connectivity index (χ2v) is 12.8. The summed E-state index contributed by atoms with van der Waals surface area (Å²) in [5.74, 6) is -0.564. The van der Waals surface area contributed by atoms with Gasteiger partial charge in [0.15, 0.2) is 0 Å². The molecule has 214 valence electrons. The van der Waals surface area contributed by atoms with Crippen LogP contribution < -0.4 is 9.62 Å². The average Bonchev–Trinajstić information content (AvgIpc) is 2.90. The Hall–Kier alpha value is -3.36. The van der Waals surface area contributed by atoms with E-state index in [1.54, 1.807) is 19.1 Å². The van der Waals surface area contributed by atoms with E-state index in [9.17, 15) is 18.0 Å². The number of anilines is 1. The molecule has 0 aromatic heterocycles. The lowest BCUT2D eigenvalue weighted by molar-refractivity contribution is -0.140. The molecule has 0 spiro atoms. The number of amides is 2. The van der Waals surface area contributed by atoms with Crippen molar-refractivity contribution in [3.8, 4) is 0 Å². The number of carbonyl (C=O) groups excluding carboxylic acids is 2. The number of halogens is 1. The van der Waals surface area contributed by atoms with E-state index in [1.165, 1.54) is 11.0 Å². The molecule has 0 saturated heterocycles. The summed E-state index contributed by atoms with van der Waals surface area (Å²) in [6.45, 7) is 7.82. The van der Waals surface area contributed by atoms with E-state index in [1.807, 2.05) is 75.4 Å². The van der Waals surface area contributed by atoms with E-state index in [4.69, 9.17) is 11.6 Å². The molecule has 3 rings (SSSR count). The van der Waals surface area contributed by atoms with Gasteiger partial charge in [0.2, 0.25) is 21.8 Å². The second-order valence-electron chi connectivity index (χ2n) is 10.5. The van der Waals surface area contributed by atoms with Gasteiger partial charge in [-0.05, 0) is 54.2 Å². The molecule has 1 unspecified atom stereocenters. The molecule has 9 heteroatoms. The maximum absolute atomic E-state index is 14.2. The van der Waals surface area contributed by atoms with Crippen molar-refractivity contribution in [2.24, 2.45) is 5.92 Å². The lowest BCUT2D eigenvalue weighted by Crippen LogP contribution is -2.53. The number of hydrogen-bond donors (Lipinski definition) is 1. The van der Waals surface area contributed by atoms with Gasteiger partial charge in [0.05, 0.1) is 11.9 Å². The van der Waals surface area contributed by atoms with E-state index < -0.39 is 28.5 Å². The van der Waals surface area contributed by atoms with Crippen LogP contribution in [0.4, 0.5) is 5.69 Å². The summed E-state index contributed by atoms with van der Waals surface area (Å²) in [5, 5.41) is 3.34. The van der Waals surface area contributed by atoms with Crippen LogP contribution in [0, 0.1) is 19.8 Å². The Morgan fingerprint density at radius 2 is 1.57 bits per heavy atom. The zero-order valence-electron chi connectivity index (χ0n) is 23.7. The van der Waals surface area contributed by atoms with Crippen LogP contribution in [0.2, 0.25) is 5.02 Å². The Morgan fingerprint density at radius 1 is 0.925 bits per heavy atom. The first-order valence-corrected chi connectivity index (χ1v) is 15.5. The number of nitrogens with one attached hydrogen (secondary N) is 1. The summed E-state index contributed by atoms with van der Waals surface area (Å²) in [6.07, 6.45) is 1.33. The molecular formula is C31H38ClN3O4S. The zero-order chi connectivity index (χ0) is 29.4. The normalized spacial score (nSPS) is 12.2. The average molecular weight is 584 g/mol. The van der Waals surface area contributed by atoms with Crippen molar-refractivity contribution in [1.82, 2.24) is 10.2 Å². The molecule has 3 aromatic carbocycles. The smallest absolute Gasteiger partial charge is 0.244 e. The molecule has 0 saturated carbocycles. The van der Waals surface area contributed by atoms with Gasteiger partial charge in [-0.25, -0.2) is 8.42 Å². The van der Waals surface area contributed by atoms with Crippen LogP contribution in [0.15, 0.2) is 72.8 Å². The van der Waals surface area contributed by atoms with E-state index in [2.05, 4.69) is 5.32 Å². The highest BCUT2D eigenvalue weighted by Crippen LogP contribution is 2.27. The fourth-order valence-electron chi connectivity index (χ4n) is 4.39. The predicted molar refractivity (Wildman–Crippen MR) is 162 cm³/mol. The highest BCUT2D eigenvalue weighted by Gasteiger charge is 2.33. The third kappa shape index (κ3) is 8.57. The number of benzene rings is 3. The number of aryl methyl sites for hydroxylation is 2. The first kappa shape index (κ1) is 31.2. The summed E-state index contributed by atoms with van der Waals surface area (Å²) in [4.78, 5) is 29.3. The maximum Gasteiger partial charge on any atom is 0.244 e. The molecule has 40 heavy (non-hydrogen) atoms. The van der Waals surface area contributed by atoms with Crippen molar-refractivity contribution in [2.75, 3.05) is 23.7 Å². The first-order valence-electron chi connectivity index (χ1n) is 13.3. The van der Waals surface area contributed by atoms with Crippen LogP contribution in [0.1, 0.15) is 36.1 Å². The van der Waals surface area contributed by atoms with Crippen molar-refractivity contribution in [2.45, 2.75) is 46.7 Å². The van der Waals surface area contributed by atoms with Crippen LogP contribution in [0.3, 0.4) is 0 Å². The lowest BCUT2D eigenvalue weighted by atomic mass is 10.0. The van der Waals surface area contributed by atoms with Gasteiger partial charge < -0.3 is 10.2 Å². The van der Waals surface area contributed by atoms with E-state index in [0.29, 0.717) is 22.8 Å². The largest absolute Gasteiger partial charge is 0.354 e. The number of hydrogen-bond acceptors (Lipinski definition) is 4. The number of carbonyl (C=O) groups is 2. The Bertz CT molecular complexity index is 1430. The van der Waals surface area contributed by atoms with Crippen molar-refractivity contribution < 1.29 is 18.0 Å². The minimum atomic E-state index is -3.87. The van der Waals surface area contributed by atoms with Gasteiger partial charge in [0.25, 0.3) is 0 Å². The molecule has 0 heterocycles. The van der Waals surface area contributed by atoms with Crippen molar-refractivity contribution in [3.63, 3.8) is 0 Å². The van der Waals surface area contributed by atoms with Gasteiger partial charge in [-0.2, -0.15) is 0 Å². The molecule has 0 aliphatic heterocycles. The van der Waals surface area contributed by atoms with Crippen LogP contribution in [-0.2, 0) is 32.6 Å². The molecule has 0 aliphatic rings. The van der Waals surface area contributed by atoms with E-state index in [0.717, 1.165) is 27.3 Å². The van der Waals surface area contributed by atoms with Gasteiger partial charge in [-0.3, -0.25) is 13.9 Å². The van der Waals surface area contributed by atoms with Crippen molar-refractivity contribution in [3.05, 3.63) is 100 Å². The monoisotopic (exact) mass is 583 g/mol. The number of nitrogens with zero attached hydrogens (tertiary/aromatic N) is 2. The molecule has 7 nitrogen and oxygen atoms in total. The first-order chi connectivity index (χ1) is 18.9. The Kier molecular flexibility index (Phi) is 10.8. The zero-order valence-corrected chi connectivity index (χ0v) is 25.3. The Labute approximate surface area is 243 Å². The van der Waals surface area contributed by atoms with Gasteiger partial charge in [0.1, 0.15) is 12.6 Å². The second kappa shape index (κ2) is 13.8. The fourth-order valence-corrected chi connectivity index (χ4v) is 5.46. The van der Waals surface area contributed by atoms with Crippen LogP contribution in [0.5, 0.6) is 0 Å². The van der Waals surface area contributed by atoms with Gasteiger partial charge in [0, 0.05) is 24.5 Å². The number of rotatable bonds is 12. The summed E-state index contributed by atoms with van der Waals surface area (Å²) >= 11 is 6.21. The SMILES string of the molecule is Cc1ccccc1CN(C(=O)CN(c1cc(Cl)ccc1C)S(C)(=O)=O)C(Cc1ccccc1)C(=O)NCC(C)C. The van der Waals surface area contributed by atoms with E-state index >= 15 is 0 Å². The minimum absolute atomic E-state index is 0.143. The molecule has 2 amide bonds. The topological polar surface area (TPSA) is 86.8 Å². The minimum Gasteiger partial charge on any atom is -0.354 e. The van der Waals surface area contributed by atoms with Crippen LogP contribution >= 0.6 is 11.6 Å². The molecule has 0 fully saturated rings. The fraction of sp³-hybridized carbons (Fsp3) is 0.355. The van der Waals surface area contributed by atoms with Gasteiger partial charge in [-0.15, -0.1) is 0 Å². The van der Waals surface area contributed by atoms with Crippen LogP contribution in [0.25, 0.3) is 0 Å².